The van der Waals surface area contributed by atoms with Gasteiger partial charge >= 0.3 is 0 Å². The molecule has 0 radical (unpaired) electrons. The Kier molecular flexibility index (Phi) is 9.74. The fourth-order valence-corrected chi connectivity index (χ4v) is 4.81. The zero-order valence-electron chi connectivity index (χ0n) is 17.1. The molecule has 0 fully saturated rings. The zero-order chi connectivity index (χ0) is 18.8. The first-order valence-corrected chi connectivity index (χ1v) is 11.8. The Labute approximate surface area is 165 Å². The van der Waals surface area contributed by atoms with Crippen molar-refractivity contribution in [2.24, 2.45) is 0 Å². The van der Waals surface area contributed by atoms with Crippen LogP contribution >= 0.6 is 11.8 Å². The number of aryl methyl sites for hydroxylation is 1. The van der Waals surface area contributed by atoms with Gasteiger partial charge in [0.25, 0.3) is 0 Å². The quantitative estimate of drug-likeness (QED) is 0.376. The standard InChI is InChI=1S/C23H38O2S/c1-4-5-6-7-8-9-10-11-12-13-14-26-17-20-16-21-19(3)23(24)18(2)15-22(21)25-20/h15,20,24H,4-14,16-17H2,1-3H3. The molecule has 148 valence electrons. The van der Waals surface area contributed by atoms with Crippen LogP contribution in [0.4, 0.5) is 0 Å². The summed E-state index contributed by atoms with van der Waals surface area (Å²) in [5, 5.41) is 10.1. The first kappa shape index (κ1) is 21.5. The van der Waals surface area contributed by atoms with Crippen LogP contribution in [0.15, 0.2) is 6.07 Å². The minimum absolute atomic E-state index is 0.276. The van der Waals surface area contributed by atoms with Gasteiger partial charge in [0.2, 0.25) is 0 Å². The number of benzene rings is 1. The van der Waals surface area contributed by atoms with E-state index in [1.807, 2.05) is 31.7 Å². The highest BCUT2D eigenvalue weighted by Crippen LogP contribution is 2.38. The van der Waals surface area contributed by atoms with Crippen LogP contribution in [0.25, 0.3) is 0 Å². The van der Waals surface area contributed by atoms with E-state index in [0.29, 0.717) is 5.75 Å². The van der Waals surface area contributed by atoms with E-state index in [4.69, 9.17) is 4.74 Å². The number of aromatic hydroxyl groups is 1. The van der Waals surface area contributed by atoms with E-state index < -0.39 is 0 Å². The van der Waals surface area contributed by atoms with Gasteiger partial charge in [0, 0.05) is 17.7 Å². The van der Waals surface area contributed by atoms with E-state index in [1.54, 1.807) is 0 Å². The molecule has 1 aliphatic heterocycles. The average molecular weight is 379 g/mol. The van der Waals surface area contributed by atoms with E-state index in [2.05, 4.69) is 6.92 Å². The third-order valence-corrected chi connectivity index (χ3v) is 6.68. The smallest absolute Gasteiger partial charge is 0.123 e. The van der Waals surface area contributed by atoms with Crippen LogP contribution in [0.1, 0.15) is 87.8 Å². The molecule has 0 aliphatic carbocycles. The average Bonchev–Trinajstić information content (AvgIpc) is 3.03. The normalized spacial score (nSPS) is 15.9. The van der Waals surface area contributed by atoms with Crippen molar-refractivity contribution >= 4 is 11.8 Å². The van der Waals surface area contributed by atoms with Crippen LogP contribution in [0.5, 0.6) is 11.5 Å². The van der Waals surface area contributed by atoms with Gasteiger partial charge in [-0.05, 0) is 43.2 Å². The Morgan fingerprint density at radius 3 is 2.27 bits per heavy atom. The van der Waals surface area contributed by atoms with E-state index in [0.717, 1.165) is 29.1 Å². The topological polar surface area (TPSA) is 29.5 Å². The molecule has 1 atom stereocenters. The highest BCUT2D eigenvalue weighted by Gasteiger charge is 2.26. The lowest BCUT2D eigenvalue weighted by atomic mass is 10.0. The van der Waals surface area contributed by atoms with Crippen molar-refractivity contribution in [2.45, 2.75) is 97.5 Å². The molecule has 2 nitrogen and oxygen atoms in total. The summed E-state index contributed by atoms with van der Waals surface area (Å²) in [5.74, 6) is 3.73. The Bertz CT molecular complexity index is 541. The highest BCUT2D eigenvalue weighted by molar-refractivity contribution is 7.99. The second kappa shape index (κ2) is 11.8. The molecular formula is C23H38O2S. The Hall–Kier alpha value is -0.830. The molecule has 0 spiro atoms. The van der Waals surface area contributed by atoms with Crippen LogP contribution in [0, 0.1) is 13.8 Å². The minimum Gasteiger partial charge on any atom is -0.507 e. The van der Waals surface area contributed by atoms with Gasteiger partial charge in [-0.15, -0.1) is 0 Å². The number of thioether (sulfide) groups is 1. The van der Waals surface area contributed by atoms with Crippen molar-refractivity contribution in [3.05, 3.63) is 22.8 Å². The zero-order valence-corrected chi connectivity index (χ0v) is 17.9. The van der Waals surface area contributed by atoms with E-state index in [9.17, 15) is 5.11 Å². The molecule has 2 rings (SSSR count). The summed E-state index contributed by atoms with van der Waals surface area (Å²) in [5.41, 5.74) is 3.12. The third kappa shape index (κ3) is 6.72. The number of unbranched alkanes of at least 4 members (excludes halogenated alkanes) is 9. The van der Waals surface area contributed by atoms with Crippen LogP contribution < -0.4 is 4.74 Å². The number of hydrogen-bond acceptors (Lipinski definition) is 3. The highest BCUT2D eigenvalue weighted by atomic mass is 32.2. The molecule has 1 aromatic carbocycles. The van der Waals surface area contributed by atoms with Crippen molar-refractivity contribution < 1.29 is 9.84 Å². The van der Waals surface area contributed by atoms with Gasteiger partial charge < -0.3 is 9.84 Å². The van der Waals surface area contributed by atoms with Crippen molar-refractivity contribution in [1.29, 1.82) is 0 Å². The fraction of sp³-hybridized carbons (Fsp3) is 0.739. The molecule has 1 heterocycles. The molecule has 3 heteroatoms. The van der Waals surface area contributed by atoms with Gasteiger partial charge in [-0.25, -0.2) is 0 Å². The lowest BCUT2D eigenvalue weighted by Gasteiger charge is -2.10. The largest absolute Gasteiger partial charge is 0.507 e. The predicted molar refractivity (Wildman–Crippen MR) is 115 cm³/mol. The van der Waals surface area contributed by atoms with Crippen LogP contribution in [-0.2, 0) is 6.42 Å². The number of fused-ring (bicyclic) bond motifs is 1. The molecule has 0 bridgehead atoms. The van der Waals surface area contributed by atoms with Crippen LogP contribution in [-0.4, -0.2) is 22.7 Å². The van der Waals surface area contributed by atoms with Crippen molar-refractivity contribution in [3.63, 3.8) is 0 Å². The maximum Gasteiger partial charge on any atom is 0.123 e. The summed E-state index contributed by atoms with van der Waals surface area (Å²) in [7, 11) is 0. The molecule has 0 aromatic heterocycles. The van der Waals surface area contributed by atoms with Crippen LogP contribution in [0.3, 0.4) is 0 Å². The minimum atomic E-state index is 0.276. The molecule has 1 N–H and O–H groups in total. The summed E-state index contributed by atoms with van der Waals surface area (Å²) < 4.78 is 6.09. The van der Waals surface area contributed by atoms with E-state index >= 15 is 0 Å². The molecule has 1 aliphatic rings. The maximum absolute atomic E-state index is 10.1. The first-order chi connectivity index (χ1) is 12.6. The first-order valence-electron chi connectivity index (χ1n) is 10.7. The molecule has 0 saturated heterocycles. The van der Waals surface area contributed by atoms with Gasteiger partial charge in [0.15, 0.2) is 0 Å². The predicted octanol–water partition coefficient (Wildman–Crippen LogP) is 6.97. The molecule has 1 aromatic rings. The lowest BCUT2D eigenvalue weighted by molar-refractivity contribution is 0.259. The molecule has 0 amide bonds. The van der Waals surface area contributed by atoms with Gasteiger partial charge in [0.1, 0.15) is 17.6 Å². The summed E-state index contributed by atoms with van der Waals surface area (Å²) in [6.07, 6.45) is 15.2. The van der Waals surface area contributed by atoms with E-state index in [-0.39, 0.29) is 6.10 Å². The summed E-state index contributed by atoms with van der Waals surface area (Å²) >= 11 is 2.03. The van der Waals surface area contributed by atoms with Gasteiger partial charge in [-0.2, -0.15) is 11.8 Å². The lowest BCUT2D eigenvalue weighted by Crippen LogP contribution is -2.16. The summed E-state index contributed by atoms with van der Waals surface area (Å²) in [4.78, 5) is 0. The molecule has 26 heavy (non-hydrogen) atoms. The van der Waals surface area contributed by atoms with Gasteiger partial charge in [0.05, 0.1) is 0 Å². The van der Waals surface area contributed by atoms with Crippen molar-refractivity contribution in [3.8, 4) is 11.5 Å². The molecule has 1 unspecified atom stereocenters. The molecular weight excluding hydrogens is 340 g/mol. The summed E-state index contributed by atoms with van der Waals surface area (Å²) in [6, 6.07) is 1.99. The number of phenols is 1. The second-order valence-electron chi connectivity index (χ2n) is 7.84. The van der Waals surface area contributed by atoms with Crippen LogP contribution in [0.2, 0.25) is 0 Å². The maximum atomic E-state index is 10.1. The second-order valence-corrected chi connectivity index (χ2v) is 8.99. The number of hydrogen-bond donors (Lipinski definition) is 1. The Morgan fingerprint density at radius 2 is 1.62 bits per heavy atom. The number of rotatable bonds is 13. The monoisotopic (exact) mass is 378 g/mol. The number of ether oxygens (including phenoxy) is 1. The van der Waals surface area contributed by atoms with Gasteiger partial charge in [-0.1, -0.05) is 64.7 Å². The Balaban J connectivity index is 1.48. The van der Waals surface area contributed by atoms with Gasteiger partial charge in [-0.3, -0.25) is 0 Å². The van der Waals surface area contributed by atoms with Crippen molar-refractivity contribution in [1.82, 2.24) is 0 Å². The molecule has 0 saturated carbocycles. The van der Waals surface area contributed by atoms with Crippen molar-refractivity contribution in [2.75, 3.05) is 11.5 Å². The SMILES string of the molecule is CCCCCCCCCCCCSCC1Cc2c(cc(C)c(O)c2C)O1. The number of phenolic OH excluding ortho intramolecular Hbond substituents is 1. The van der Waals surface area contributed by atoms with E-state index in [1.165, 1.54) is 75.5 Å². The Morgan fingerprint density at radius 1 is 1.00 bits per heavy atom. The summed E-state index contributed by atoms with van der Waals surface area (Å²) in [6.45, 7) is 6.23. The third-order valence-electron chi connectivity index (χ3n) is 5.50. The fourth-order valence-electron chi connectivity index (χ4n) is 3.78.